The lowest BCUT2D eigenvalue weighted by atomic mass is 10.1. The van der Waals surface area contributed by atoms with Crippen LogP contribution in [0.1, 0.15) is 21.5 Å². The van der Waals surface area contributed by atoms with Crippen LogP contribution in [0.5, 0.6) is 0 Å². The summed E-state index contributed by atoms with van der Waals surface area (Å²) in [6.45, 7) is 1.56. The Balaban J connectivity index is 2.44. The zero-order valence-corrected chi connectivity index (χ0v) is 15.2. The molecule has 0 heterocycles. The number of aromatic carboxylic acids is 1. The fourth-order valence-corrected chi connectivity index (χ4v) is 4.17. The standard InChI is InChI=1S/C16H17NO6S2/c1-11-7-8-13(9-14(11)16(18)19)25(22,23)17-15-6-4-3-5-12(15)10-24(2,20)21/h3-9,17H,10H2,1-2H3,(H,18,19). The van der Waals surface area contributed by atoms with Gasteiger partial charge in [-0.15, -0.1) is 0 Å². The van der Waals surface area contributed by atoms with Gasteiger partial charge in [0.05, 0.1) is 21.9 Å². The monoisotopic (exact) mass is 383 g/mol. The predicted octanol–water partition coefficient (Wildman–Crippen LogP) is 2.04. The molecule has 0 radical (unpaired) electrons. The van der Waals surface area contributed by atoms with E-state index in [-0.39, 0.29) is 21.9 Å². The van der Waals surface area contributed by atoms with Crippen molar-refractivity contribution in [3.05, 3.63) is 59.2 Å². The number of nitrogens with one attached hydrogen (secondary N) is 1. The van der Waals surface area contributed by atoms with Crippen LogP contribution in [-0.2, 0) is 25.6 Å². The van der Waals surface area contributed by atoms with E-state index in [0.717, 1.165) is 12.3 Å². The number of carboxylic acid groups (broad SMARTS) is 1. The van der Waals surface area contributed by atoms with E-state index < -0.39 is 25.8 Å². The summed E-state index contributed by atoms with van der Waals surface area (Å²) in [7, 11) is -7.43. The Morgan fingerprint density at radius 3 is 2.32 bits per heavy atom. The number of sulfone groups is 1. The van der Waals surface area contributed by atoms with Crippen LogP contribution in [0, 0.1) is 6.92 Å². The number of carbonyl (C=O) groups is 1. The molecule has 0 atom stereocenters. The molecule has 0 aliphatic rings. The average molecular weight is 383 g/mol. The minimum absolute atomic E-state index is 0.118. The molecule has 0 saturated carbocycles. The van der Waals surface area contributed by atoms with E-state index in [4.69, 9.17) is 5.11 Å². The zero-order chi connectivity index (χ0) is 18.8. The van der Waals surface area contributed by atoms with Crippen molar-refractivity contribution in [3.8, 4) is 0 Å². The van der Waals surface area contributed by atoms with E-state index >= 15 is 0 Å². The maximum absolute atomic E-state index is 12.6. The van der Waals surface area contributed by atoms with Gasteiger partial charge in [0.25, 0.3) is 10.0 Å². The minimum Gasteiger partial charge on any atom is -0.478 e. The molecule has 0 fully saturated rings. The van der Waals surface area contributed by atoms with Crippen LogP contribution in [0.15, 0.2) is 47.4 Å². The van der Waals surface area contributed by atoms with E-state index in [1.165, 1.54) is 24.3 Å². The Morgan fingerprint density at radius 2 is 1.72 bits per heavy atom. The van der Waals surface area contributed by atoms with Crippen molar-refractivity contribution in [2.24, 2.45) is 0 Å². The number of hydrogen-bond acceptors (Lipinski definition) is 5. The van der Waals surface area contributed by atoms with Gasteiger partial charge in [-0.05, 0) is 36.2 Å². The maximum atomic E-state index is 12.6. The molecule has 2 aromatic rings. The molecule has 2 aromatic carbocycles. The number of para-hydroxylation sites is 1. The molecule has 25 heavy (non-hydrogen) atoms. The summed E-state index contributed by atoms with van der Waals surface area (Å²) in [5.74, 6) is -1.55. The highest BCUT2D eigenvalue weighted by Gasteiger charge is 2.20. The Labute approximate surface area is 146 Å². The highest BCUT2D eigenvalue weighted by molar-refractivity contribution is 7.92. The smallest absolute Gasteiger partial charge is 0.335 e. The van der Waals surface area contributed by atoms with E-state index in [1.807, 2.05) is 0 Å². The van der Waals surface area contributed by atoms with Gasteiger partial charge in [0.1, 0.15) is 0 Å². The zero-order valence-electron chi connectivity index (χ0n) is 13.6. The second-order valence-electron chi connectivity index (χ2n) is 5.61. The van der Waals surface area contributed by atoms with Gasteiger partial charge in [-0.2, -0.15) is 0 Å². The SMILES string of the molecule is Cc1ccc(S(=O)(=O)Nc2ccccc2CS(C)(=O)=O)cc1C(=O)O. The molecule has 0 aliphatic heterocycles. The Bertz CT molecular complexity index is 1030. The number of aryl methyl sites for hydroxylation is 1. The van der Waals surface area contributed by atoms with Crippen molar-refractivity contribution in [3.63, 3.8) is 0 Å². The van der Waals surface area contributed by atoms with Crippen molar-refractivity contribution in [1.82, 2.24) is 0 Å². The molecule has 0 unspecified atom stereocenters. The second-order valence-corrected chi connectivity index (χ2v) is 9.44. The largest absolute Gasteiger partial charge is 0.478 e. The number of hydrogen-bond donors (Lipinski definition) is 2. The third kappa shape index (κ3) is 4.80. The van der Waals surface area contributed by atoms with Crippen LogP contribution in [-0.4, -0.2) is 34.2 Å². The fourth-order valence-electron chi connectivity index (χ4n) is 2.23. The second kappa shape index (κ2) is 6.85. The molecule has 0 aromatic heterocycles. The summed E-state index contributed by atoms with van der Waals surface area (Å²) < 4.78 is 50.4. The number of anilines is 1. The first kappa shape index (κ1) is 18.9. The Kier molecular flexibility index (Phi) is 5.19. The molecule has 0 spiro atoms. The predicted molar refractivity (Wildman–Crippen MR) is 93.9 cm³/mol. The van der Waals surface area contributed by atoms with Crippen molar-refractivity contribution in [1.29, 1.82) is 0 Å². The van der Waals surface area contributed by atoms with E-state index in [2.05, 4.69) is 4.72 Å². The Morgan fingerprint density at radius 1 is 1.08 bits per heavy atom. The van der Waals surface area contributed by atoms with Gasteiger partial charge >= 0.3 is 5.97 Å². The number of rotatable bonds is 6. The number of benzene rings is 2. The van der Waals surface area contributed by atoms with Gasteiger partial charge < -0.3 is 5.11 Å². The molecule has 9 heteroatoms. The number of carboxylic acids is 1. The van der Waals surface area contributed by atoms with Crippen LogP contribution < -0.4 is 4.72 Å². The van der Waals surface area contributed by atoms with Crippen LogP contribution in [0.25, 0.3) is 0 Å². The quantitative estimate of drug-likeness (QED) is 0.788. The fraction of sp³-hybridized carbons (Fsp3) is 0.188. The molecule has 2 rings (SSSR count). The first-order chi connectivity index (χ1) is 11.5. The summed E-state index contributed by atoms with van der Waals surface area (Å²) in [5, 5.41) is 9.14. The van der Waals surface area contributed by atoms with Gasteiger partial charge in [-0.1, -0.05) is 24.3 Å². The molecule has 0 saturated heterocycles. The van der Waals surface area contributed by atoms with Gasteiger partial charge in [-0.3, -0.25) is 4.72 Å². The summed E-state index contributed by atoms with van der Waals surface area (Å²) >= 11 is 0. The molecule has 2 N–H and O–H groups in total. The first-order valence-electron chi connectivity index (χ1n) is 7.12. The summed E-state index contributed by atoms with van der Waals surface area (Å²) in [6, 6.07) is 9.90. The highest BCUT2D eigenvalue weighted by Crippen LogP contribution is 2.23. The molecule has 0 bridgehead atoms. The topological polar surface area (TPSA) is 118 Å². The molecule has 7 nitrogen and oxygen atoms in total. The first-order valence-corrected chi connectivity index (χ1v) is 10.7. The van der Waals surface area contributed by atoms with Crippen molar-refractivity contribution in [2.75, 3.05) is 11.0 Å². The lowest BCUT2D eigenvalue weighted by Gasteiger charge is -2.13. The van der Waals surface area contributed by atoms with E-state index in [0.29, 0.717) is 11.1 Å². The molecular formula is C16H17NO6S2. The van der Waals surface area contributed by atoms with Crippen molar-refractivity contribution in [2.45, 2.75) is 17.6 Å². The minimum atomic E-state index is -4.07. The van der Waals surface area contributed by atoms with Gasteiger partial charge in [0.15, 0.2) is 9.84 Å². The molecule has 0 amide bonds. The van der Waals surface area contributed by atoms with Crippen LogP contribution in [0.3, 0.4) is 0 Å². The number of sulfonamides is 1. The molecule has 0 aliphatic carbocycles. The molecular weight excluding hydrogens is 366 g/mol. The van der Waals surface area contributed by atoms with Crippen LogP contribution in [0.2, 0.25) is 0 Å². The lowest BCUT2D eigenvalue weighted by Crippen LogP contribution is -2.16. The van der Waals surface area contributed by atoms with E-state index in [1.54, 1.807) is 19.1 Å². The molecule has 134 valence electrons. The normalized spacial score (nSPS) is 11.9. The maximum Gasteiger partial charge on any atom is 0.335 e. The summed E-state index contributed by atoms with van der Waals surface area (Å²) in [4.78, 5) is 11.0. The summed E-state index contributed by atoms with van der Waals surface area (Å²) in [6.07, 6.45) is 1.05. The third-order valence-corrected chi connectivity index (χ3v) is 5.63. The Hall–Kier alpha value is -2.39. The highest BCUT2D eigenvalue weighted by atomic mass is 32.2. The van der Waals surface area contributed by atoms with Crippen LogP contribution in [0.4, 0.5) is 5.69 Å². The third-order valence-electron chi connectivity index (χ3n) is 3.43. The van der Waals surface area contributed by atoms with Crippen molar-refractivity contribution >= 4 is 31.5 Å². The average Bonchev–Trinajstić information content (AvgIpc) is 2.47. The van der Waals surface area contributed by atoms with E-state index in [9.17, 15) is 21.6 Å². The van der Waals surface area contributed by atoms with Gasteiger partial charge in [-0.25, -0.2) is 21.6 Å². The van der Waals surface area contributed by atoms with Gasteiger partial charge in [0, 0.05) is 6.26 Å². The van der Waals surface area contributed by atoms with Gasteiger partial charge in [0.2, 0.25) is 0 Å². The lowest BCUT2D eigenvalue weighted by molar-refractivity contribution is 0.0696. The summed E-state index contributed by atoms with van der Waals surface area (Å²) in [5.41, 5.74) is 0.751. The van der Waals surface area contributed by atoms with Crippen molar-refractivity contribution < 1.29 is 26.7 Å². The van der Waals surface area contributed by atoms with Crippen LogP contribution >= 0.6 is 0 Å².